The number of anilines is 2. The minimum absolute atomic E-state index is 0.0306. The molecule has 1 heterocycles. The van der Waals surface area contributed by atoms with Crippen LogP contribution in [0.4, 0.5) is 24.5 Å². The summed E-state index contributed by atoms with van der Waals surface area (Å²) in [5.41, 5.74) is -0.161. The number of para-hydroxylation sites is 1. The highest BCUT2D eigenvalue weighted by atomic mass is 32.2. The van der Waals surface area contributed by atoms with Crippen LogP contribution in [-0.2, 0) is 6.18 Å². The van der Waals surface area contributed by atoms with E-state index in [9.17, 15) is 18.0 Å². The van der Waals surface area contributed by atoms with Crippen molar-refractivity contribution in [1.29, 1.82) is 5.41 Å². The molecule has 3 N–H and O–H groups in total. The Morgan fingerprint density at radius 3 is 2.50 bits per heavy atom. The Labute approximate surface area is 144 Å². The highest BCUT2D eigenvalue weighted by molar-refractivity contribution is 7.99. The fraction of sp³-hybridized carbons (Fsp3) is 0.0667. The van der Waals surface area contributed by atoms with Gasteiger partial charge in [-0.2, -0.15) is 13.2 Å². The van der Waals surface area contributed by atoms with Crippen LogP contribution in [0.2, 0.25) is 0 Å². The van der Waals surface area contributed by atoms with Crippen LogP contribution >= 0.6 is 24.0 Å². The fourth-order valence-electron chi connectivity index (χ4n) is 2.07. The summed E-state index contributed by atoms with van der Waals surface area (Å²) in [6.07, 6.45) is -4.44. The SMILES string of the molecule is N=C=S.O=C(O)c1cccc2c1Nc1cc(C(F)(F)F)ccc1S2. The van der Waals surface area contributed by atoms with Crippen molar-refractivity contribution < 1.29 is 23.1 Å². The highest BCUT2D eigenvalue weighted by Gasteiger charge is 2.32. The molecule has 0 fully saturated rings. The van der Waals surface area contributed by atoms with Gasteiger partial charge >= 0.3 is 12.1 Å². The molecule has 3 rings (SSSR count). The first-order chi connectivity index (χ1) is 11.3. The lowest BCUT2D eigenvalue weighted by Gasteiger charge is -2.23. The molecule has 0 unspecified atom stereocenters. The number of nitrogens with one attached hydrogen (secondary N) is 2. The van der Waals surface area contributed by atoms with Crippen molar-refractivity contribution in [3.05, 3.63) is 47.5 Å². The molecule has 2 aromatic carbocycles. The molecule has 1 aliphatic rings. The summed E-state index contributed by atoms with van der Waals surface area (Å²) >= 11 is 5.05. The third-order valence-corrected chi connectivity index (χ3v) is 4.18. The average Bonchev–Trinajstić information content (AvgIpc) is 2.51. The van der Waals surface area contributed by atoms with E-state index in [1.165, 1.54) is 23.9 Å². The van der Waals surface area contributed by atoms with E-state index in [4.69, 9.17) is 10.5 Å². The van der Waals surface area contributed by atoms with E-state index in [0.29, 0.717) is 15.5 Å². The molecule has 24 heavy (non-hydrogen) atoms. The molecule has 0 aliphatic carbocycles. The zero-order valence-electron chi connectivity index (χ0n) is 11.8. The summed E-state index contributed by atoms with van der Waals surface area (Å²) in [7, 11) is 0. The van der Waals surface area contributed by atoms with Gasteiger partial charge < -0.3 is 10.4 Å². The van der Waals surface area contributed by atoms with Crippen molar-refractivity contribution in [2.45, 2.75) is 16.0 Å². The van der Waals surface area contributed by atoms with Gasteiger partial charge in [0.1, 0.15) is 0 Å². The van der Waals surface area contributed by atoms with Crippen molar-refractivity contribution >= 4 is 46.5 Å². The maximum Gasteiger partial charge on any atom is 0.416 e. The maximum atomic E-state index is 12.7. The molecule has 0 atom stereocenters. The minimum Gasteiger partial charge on any atom is -0.478 e. The number of thiocarbonyl (C=S) groups is 1. The lowest BCUT2D eigenvalue weighted by Crippen LogP contribution is -2.10. The van der Waals surface area contributed by atoms with Gasteiger partial charge in [0.15, 0.2) is 0 Å². The van der Waals surface area contributed by atoms with Gasteiger partial charge in [0.05, 0.1) is 27.7 Å². The van der Waals surface area contributed by atoms with Crippen LogP contribution in [0.15, 0.2) is 46.2 Å². The van der Waals surface area contributed by atoms with Crippen molar-refractivity contribution in [3.8, 4) is 0 Å². The van der Waals surface area contributed by atoms with Crippen LogP contribution in [0.3, 0.4) is 0 Å². The third kappa shape index (κ3) is 3.76. The van der Waals surface area contributed by atoms with E-state index in [1.807, 2.05) is 0 Å². The molecule has 1 aliphatic heterocycles. The molecule has 0 bridgehead atoms. The maximum absolute atomic E-state index is 12.7. The smallest absolute Gasteiger partial charge is 0.416 e. The minimum atomic E-state index is -4.44. The number of carboxylic acid groups (broad SMARTS) is 1. The second kappa shape index (κ2) is 7.04. The highest BCUT2D eigenvalue weighted by Crippen LogP contribution is 2.47. The Bertz CT molecular complexity index is 832. The first-order valence-corrected chi connectivity index (χ1v) is 7.56. The Morgan fingerprint density at radius 2 is 1.92 bits per heavy atom. The van der Waals surface area contributed by atoms with E-state index in [1.54, 1.807) is 17.3 Å². The number of isothiocyanates is 1. The van der Waals surface area contributed by atoms with E-state index in [0.717, 1.165) is 12.1 Å². The van der Waals surface area contributed by atoms with Gasteiger partial charge in [-0.3, -0.25) is 0 Å². The Morgan fingerprint density at radius 1 is 1.25 bits per heavy atom. The van der Waals surface area contributed by atoms with Crippen LogP contribution in [0.25, 0.3) is 0 Å². The van der Waals surface area contributed by atoms with Crippen LogP contribution in [0.1, 0.15) is 15.9 Å². The largest absolute Gasteiger partial charge is 0.478 e. The van der Waals surface area contributed by atoms with Gasteiger partial charge in [0, 0.05) is 9.79 Å². The number of halogens is 3. The number of carbonyl (C=O) groups is 1. The summed E-state index contributed by atoms with van der Waals surface area (Å²) in [4.78, 5) is 12.5. The molecular weight excluding hydrogens is 361 g/mol. The molecule has 0 aromatic heterocycles. The van der Waals surface area contributed by atoms with Gasteiger partial charge in [0.2, 0.25) is 0 Å². The predicted octanol–water partition coefficient (Wildman–Crippen LogP) is 5.28. The van der Waals surface area contributed by atoms with Gasteiger partial charge in [-0.15, -0.1) is 0 Å². The zero-order chi connectivity index (χ0) is 17.9. The second-order valence-corrected chi connectivity index (χ2v) is 5.81. The Kier molecular flexibility index (Phi) is 5.28. The second-order valence-electron chi connectivity index (χ2n) is 4.52. The van der Waals surface area contributed by atoms with Gasteiger partial charge in [-0.05, 0) is 42.5 Å². The van der Waals surface area contributed by atoms with Crippen molar-refractivity contribution in [1.82, 2.24) is 0 Å². The number of alkyl halides is 3. The fourth-order valence-corrected chi connectivity index (χ4v) is 3.07. The average molecular weight is 370 g/mol. The monoisotopic (exact) mass is 370 g/mol. The van der Waals surface area contributed by atoms with E-state index in [2.05, 4.69) is 17.5 Å². The molecular formula is C15H9F3N2O2S2. The van der Waals surface area contributed by atoms with E-state index < -0.39 is 17.7 Å². The lowest BCUT2D eigenvalue weighted by molar-refractivity contribution is -0.137. The van der Waals surface area contributed by atoms with Crippen LogP contribution in [-0.4, -0.2) is 16.2 Å². The molecule has 2 aromatic rings. The topological polar surface area (TPSA) is 73.2 Å². The number of aromatic carboxylic acids is 1. The molecule has 9 heteroatoms. The third-order valence-electron chi connectivity index (χ3n) is 3.04. The van der Waals surface area contributed by atoms with Gasteiger partial charge in [-0.25, -0.2) is 10.2 Å². The number of hydrogen-bond acceptors (Lipinski definition) is 5. The molecule has 0 amide bonds. The van der Waals surface area contributed by atoms with Crippen LogP contribution in [0.5, 0.6) is 0 Å². The summed E-state index contributed by atoms with van der Waals surface area (Å²) in [5, 5.41) is 19.3. The van der Waals surface area contributed by atoms with E-state index >= 15 is 0 Å². The van der Waals surface area contributed by atoms with Crippen molar-refractivity contribution in [2.75, 3.05) is 5.32 Å². The molecule has 4 nitrogen and oxygen atoms in total. The number of fused-ring (bicyclic) bond motifs is 2. The molecule has 124 valence electrons. The zero-order valence-corrected chi connectivity index (χ0v) is 13.4. The van der Waals surface area contributed by atoms with Crippen molar-refractivity contribution in [3.63, 3.8) is 0 Å². The number of hydrogen-bond donors (Lipinski definition) is 3. The number of rotatable bonds is 1. The summed E-state index contributed by atoms with van der Waals surface area (Å²) in [6.45, 7) is 0. The standard InChI is InChI=1S/C14H8F3NO2S.CHNS/c15-14(16,17)7-4-5-10-9(6-7)18-12-8(13(19)20)2-1-3-11(12)21-10;2-1-3/h1-6,18H,(H,19,20);2H. The molecule has 0 spiro atoms. The predicted molar refractivity (Wildman–Crippen MR) is 87.6 cm³/mol. The lowest BCUT2D eigenvalue weighted by atomic mass is 10.1. The van der Waals surface area contributed by atoms with Crippen molar-refractivity contribution in [2.24, 2.45) is 0 Å². The summed E-state index contributed by atoms with van der Waals surface area (Å²) in [6, 6.07) is 8.12. The number of benzene rings is 2. The van der Waals surface area contributed by atoms with Gasteiger partial charge in [0.25, 0.3) is 0 Å². The quantitative estimate of drug-likeness (QED) is 0.401. The number of carboxylic acids is 1. The Hall–Kier alpha value is -2.35. The van der Waals surface area contributed by atoms with Crippen LogP contribution in [0, 0.1) is 5.41 Å². The van der Waals surface area contributed by atoms with E-state index in [-0.39, 0.29) is 11.3 Å². The van der Waals surface area contributed by atoms with Gasteiger partial charge in [-0.1, -0.05) is 17.8 Å². The first kappa shape index (κ1) is 18.0. The summed E-state index contributed by atoms with van der Waals surface area (Å²) in [5.74, 6) is -1.13. The van der Waals surface area contributed by atoms with Crippen LogP contribution < -0.4 is 5.32 Å². The molecule has 0 saturated heterocycles. The molecule has 0 radical (unpaired) electrons. The molecule has 0 saturated carbocycles. The Balaban J connectivity index is 0.000000647. The normalized spacial score (nSPS) is 11.8. The first-order valence-electron chi connectivity index (χ1n) is 6.34. The summed E-state index contributed by atoms with van der Waals surface area (Å²) < 4.78 is 38.2.